The summed E-state index contributed by atoms with van der Waals surface area (Å²) in [5.74, 6) is 0.416. The predicted octanol–water partition coefficient (Wildman–Crippen LogP) is 3.29. The third-order valence-corrected chi connectivity index (χ3v) is 4.36. The van der Waals surface area contributed by atoms with Crippen molar-refractivity contribution in [2.24, 2.45) is 5.92 Å². The average molecular weight is 268 g/mol. The number of aliphatic hydroxyl groups excluding tert-OH is 1. The Kier molecular flexibility index (Phi) is 5.04. The maximum absolute atomic E-state index is 9.38. The molecule has 0 amide bonds. The Bertz CT molecular complexity index is 394. The molecule has 1 aromatic carbocycles. The van der Waals surface area contributed by atoms with Crippen LogP contribution in [-0.2, 0) is 6.54 Å². The molecular formula is C15H22ClNO. The number of hydrogen-bond donors (Lipinski definition) is 2. The fourth-order valence-corrected chi connectivity index (χ4v) is 2.89. The molecular weight excluding hydrogens is 246 g/mol. The second-order valence-corrected chi connectivity index (χ2v) is 5.71. The van der Waals surface area contributed by atoms with Crippen LogP contribution in [0.3, 0.4) is 0 Å². The van der Waals surface area contributed by atoms with Gasteiger partial charge in [0.1, 0.15) is 0 Å². The van der Waals surface area contributed by atoms with Gasteiger partial charge in [-0.05, 0) is 42.9 Å². The number of rotatable bonds is 4. The van der Waals surface area contributed by atoms with E-state index in [0.717, 1.165) is 23.6 Å². The van der Waals surface area contributed by atoms with Gasteiger partial charge in [-0.15, -0.1) is 0 Å². The van der Waals surface area contributed by atoms with E-state index in [1.165, 1.54) is 24.8 Å². The van der Waals surface area contributed by atoms with E-state index < -0.39 is 0 Å². The molecule has 0 aliphatic heterocycles. The van der Waals surface area contributed by atoms with Crippen LogP contribution in [0.4, 0.5) is 0 Å². The third kappa shape index (κ3) is 3.47. The number of aryl methyl sites for hydroxylation is 1. The van der Waals surface area contributed by atoms with Crippen LogP contribution in [0.1, 0.15) is 36.8 Å². The Labute approximate surface area is 114 Å². The monoisotopic (exact) mass is 267 g/mol. The van der Waals surface area contributed by atoms with Crippen molar-refractivity contribution in [3.05, 3.63) is 34.3 Å². The van der Waals surface area contributed by atoms with Crippen molar-refractivity contribution < 1.29 is 5.11 Å². The molecule has 0 saturated heterocycles. The van der Waals surface area contributed by atoms with Gasteiger partial charge in [0.2, 0.25) is 0 Å². The van der Waals surface area contributed by atoms with Crippen LogP contribution in [0.5, 0.6) is 0 Å². The van der Waals surface area contributed by atoms with Crippen LogP contribution < -0.4 is 5.32 Å². The topological polar surface area (TPSA) is 32.3 Å². The zero-order valence-corrected chi connectivity index (χ0v) is 11.7. The van der Waals surface area contributed by atoms with E-state index in [1.54, 1.807) is 0 Å². The molecule has 2 nitrogen and oxygen atoms in total. The van der Waals surface area contributed by atoms with Crippen molar-refractivity contribution >= 4 is 11.6 Å². The van der Waals surface area contributed by atoms with Gasteiger partial charge in [0.05, 0.1) is 0 Å². The van der Waals surface area contributed by atoms with Crippen molar-refractivity contribution in [1.29, 1.82) is 0 Å². The van der Waals surface area contributed by atoms with Crippen LogP contribution in [0, 0.1) is 12.8 Å². The van der Waals surface area contributed by atoms with Gasteiger partial charge in [0.15, 0.2) is 0 Å². The second kappa shape index (κ2) is 6.55. The zero-order chi connectivity index (χ0) is 13.0. The lowest BCUT2D eigenvalue weighted by Gasteiger charge is -2.31. The van der Waals surface area contributed by atoms with Crippen LogP contribution >= 0.6 is 11.6 Å². The summed E-state index contributed by atoms with van der Waals surface area (Å²) in [4.78, 5) is 0. The first-order valence-corrected chi connectivity index (χ1v) is 7.18. The lowest BCUT2D eigenvalue weighted by molar-refractivity contribution is 0.152. The lowest BCUT2D eigenvalue weighted by atomic mass is 9.85. The van der Waals surface area contributed by atoms with Gasteiger partial charge in [0.25, 0.3) is 0 Å². The molecule has 1 aliphatic carbocycles. The summed E-state index contributed by atoms with van der Waals surface area (Å²) < 4.78 is 0. The molecule has 2 unspecified atom stereocenters. The molecule has 3 heteroatoms. The minimum absolute atomic E-state index is 0.298. The van der Waals surface area contributed by atoms with E-state index in [4.69, 9.17) is 11.6 Å². The summed E-state index contributed by atoms with van der Waals surface area (Å²) in [6.45, 7) is 3.15. The highest BCUT2D eigenvalue weighted by molar-refractivity contribution is 6.31. The molecule has 1 fully saturated rings. The van der Waals surface area contributed by atoms with Crippen LogP contribution in [0.15, 0.2) is 18.2 Å². The first-order valence-electron chi connectivity index (χ1n) is 6.80. The van der Waals surface area contributed by atoms with Crippen LogP contribution in [0.2, 0.25) is 5.02 Å². The van der Waals surface area contributed by atoms with Gasteiger partial charge >= 0.3 is 0 Å². The Hall–Kier alpha value is -0.570. The molecule has 1 saturated carbocycles. The van der Waals surface area contributed by atoms with Gasteiger partial charge in [-0.3, -0.25) is 0 Å². The first-order chi connectivity index (χ1) is 8.70. The fourth-order valence-electron chi connectivity index (χ4n) is 2.69. The number of nitrogens with one attached hydrogen (secondary N) is 1. The van der Waals surface area contributed by atoms with Crippen molar-refractivity contribution in [3.8, 4) is 0 Å². The fraction of sp³-hybridized carbons (Fsp3) is 0.600. The standard InChI is InChI=1S/C15H22ClNO/c1-11-6-7-12(8-14(11)16)9-17-15-5-3-2-4-13(15)10-18/h6-8,13,15,17-18H,2-5,9-10H2,1H3. The van der Waals surface area contributed by atoms with Crippen molar-refractivity contribution in [2.75, 3.05) is 6.61 Å². The third-order valence-electron chi connectivity index (χ3n) is 3.95. The van der Waals surface area contributed by atoms with E-state index >= 15 is 0 Å². The highest BCUT2D eigenvalue weighted by Gasteiger charge is 2.23. The molecule has 0 radical (unpaired) electrons. The van der Waals surface area contributed by atoms with E-state index in [0.29, 0.717) is 18.6 Å². The summed E-state index contributed by atoms with van der Waals surface area (Å²) in [6, 6.07) is 6.65. The van der Waals surface area contributed by atoms with Gasteiger partial charge in [0, 0.05) is 24.2 Å². The summed E-state index contributed by atoms with van der Waals surface area (Å²) in [7, 11) is 0. The maximum atomic E-state index is 9.38. The Morgan fingerprint density at radius 3 is 2.83 bits per heavy atom. The molecule has 18 heavy (non-hydrogen) atoms. The molecule has 0 spiro atoms. The SMILES string of the molecule is Cc1ccc(CNC2CCCCC2CO)cc1Cl. The Balaban J connectivity index is 1.91. The molecule has 0 aromatic heterocycles. The molecule has 100 valence electrons. The van der Waals surface area contributed by atoms with Crippen LogP contribution in [-0.4, -0.2) is 17.8 Å². The number of halogens is 1. The van der Waals surface area contributed by atoms with Gasteiger partial charge in [-0.25, -0.2) is 0 Å². The lowest BCUT2D eigenvalue weighted by Crippen LogP contribution is -2.39. The molecule has 2 N–H and O–H groups in total. The van der Waals surface area contributed by atoms with E-state index in [1.807, 2.05) is 13.0 Å². The van der Waals surface area contributed by atoms with Crippen molar-refractivity contribution in [3.63, 3.8) is 0 Å². The van der Waals surface area contributed by atoms with Gasteiger partial charge in [-0.2, -0.15) is 0 Å². The van der Waals surface area contributed by atoms with Gasteiger partial charge < -0.3 is 10.4 Å². The largest absolute Gasteiger partial charge is 0.396 e. The van der Waals surface area contributed by atoms with Crippen LogP contribution in [0.25, 0.3) is 0 Å². The smallest absolute Gasteiger partial charge is 0.0474 e. The molecule has 0 bridgehead atoms. The Morgan fingerprint density at radius 1 is 1.33 bits per heavy atom. The number of aliphatic hydroxyl groups is 1. The van der Waals surface area contributed by atoms with Crippen molar-refractivity contribution in [1.82, 2.24) is 5.32 Å². The molecule has 1 aliphatic rings. The van der Waals surface area contributed by atoms with E-state index in [9.17, 15) is 5.11 Å². The number of hydrogen-bond acceptors (Lipinski definition) is 2. The summed E-state index contributed by atoms with van der Waals surface area (Å²) in [5, 5.41) is 13.8. The van der Waals surface area contributed by atoms with Crippen molar-refractivity contribution in [2.45, 2.75) is 45.2 Å². The summed E-state index contributed by atoms with van der Waals surface area (Å²) in [6.07, 6.45) is 4.83. The maximum Gasteiger partial charge on any atom is 0.0474 e. The molecule has 2 rings (SSSR count). The second-order valence-electron chi connectivity index (χ2n) is 5.30. The summed E-state index contributed by atoms with van der Waals surface area (Å²) in [5.41, 5.74) is 2.33. The minimum Gasteiger partial charge on any atom is -0.396 e. The number of benzene rings is 1. The molecule has 2 atom stereocenters. The highest BCUT2D eigenvalue weighted by atomic mass is 35.5. The first kappa shape index (κ1) is 13.9. The predicted molar refractivity (Wildman–Crippen MR) is 75.9 cm³/mol. The quantitative estimate of drug-likeness (QED) is 0.877. The normalized spacial score (nSPS) is 24.2. The van der Waals surface area contributed by atoms with E-state index in [-0.39, 0.29) is 0 Å². The minimum atomic E-state index is 0.298. The highest BCUT2D eigenvalue weighted by Crippen LogP contribution is 2.24. The Morgan fingerprint density at radius 2 is 2.11 bits per heavy atom. The zero-order valence-electron chi connectivity index (χ0n) is 11.0. The summed E-state index contributed by atoms with van der Waals surface area (Å²) >= 11 is 6.12. The van der Waals surface area contributed by atoms with E-state index in [2.05, 4.69) is 17.4 Å². The molecule has 1 aromatic rings. The molecule has 0 heterocycles. The average Bonchev–Trinajstić information content (AvgIpc) is 2.40. The van der Waals surface area contributed by atoms with Gasteiger partial charge in [-0.1, -0.05) is 36.6 Å².